The van der Waals surface area contributed by atoms with Gasteiger partial charge in [-0.2, -0.15) is 0 Å². The number of allylic oxidation sites excluding steroid dienone is 1. The number of imidazole rings is 1. The smallest absolute Gasteiger partial charge is 0.161 e. The standard InChI is InChI=1S/C20H22N2O2/c1-3-7-16-10-11-19(20(14-16)23-2)24-13-6-12-22-15-21-17-8-4-5-9-18(17)22/h3-5,8-11,14-15H,1,6-7,12-13H2,2H3. The van der Waals surface area contributed by atoms with Crippen molar-refractivity contribution in [1.82, 2.24) is 9.55 Å². The van der Waals surface area contributed by atoms with Crippen molar-refractivity contribution >= 4 is 11.0 Å². The Morgan fingerprint density at radius 3 is 2.88 bits per heavy atom. The van der Waals surface area contributed by atoms with Gasteiger partial charge in [0.1, 0.15) is 0 Å². The fourth-order valence-corrected chi connectivity index (χ4v) is 2.73. The molecule has 0 aliphatic heterocycles. The van der Waals surface area contributed by atoms with Crippen molar-refractivity contribution in [2.75, 3.05) is 13.7 Å². The first kappa shape index (κ1) is 16.1. The van der Waals surface area contributed by atoms with E-state index in [1.165, 1.54) is 5.56 Å². The van der Waals surface area contributed by atoms with Gasteiger partial charge < -0.3 is 14.0 Å². The lowest BCUT2D eigenvalue weighted by molar-refractivity contribution is 0.283. The molecule has 24 heavy (non-hydrogen) atoms. The number of aromatic nitrogens is 2. The van der Waals surface area contributed by atoms with Crippen LogP contribution in [0.3, 0.4) is 0 Å². The van der Waals surface area contributed by atoms with Gasteiger partial charge in [-0.05, 0) is 42.7 Å². The summed E-state index contributed by atoms with van der Waals surface area (Å²) in [5, 5.41) is 0. The van der Waals surface area contributed by atoms with Crippen molar-refractivity contribution in [3.63, 3.8) is 0 Å². The van der Waals surface area contributed by atoms with E-state index in [9.17, 15) is 0 Å². The van der Waals surface area contributed by atoms with E-state index in [-0.39, 0.29) is 0 Å². The number of methoxy groups -OCH3 is 1. The summed E-state index contributed by atoms with van der Waals surface area (Å²) >= 11 is 0. The van der Waals surface area contributed by atoms with Crippen LogP contribution in [0.25, 0.3) is 11.0 Å². The van der Waals surface area contributed by atoms with Crippen molar-refractivity contribution in [1.29, 1.82) is 0 Å². The van der Waals surface area contributed by atoms with Gasteiger partial charge in [-0.25, -0.2) is 4.98 Å². The van der Waals surface area contributed by atoms with Gasteiger partial charge in [0.2, 0.25) is 0 Å². The third-order valence-corrected chi connectivity index (χ3v) is 3.94. The van der Waals surface area contributed by atoms with Crippen molar-refractivity contribution in [3.05, 3.63) is 67.0 Å². The maximum absolute atomic E-state index is 5.89. The zero-order valence-corrected chi connectivity index (χ0v) is 13.9. The number of para-hydroxylation sites is 2. The van der Waals surface area contributed by atoms with Crippen molar-refractivity contribution in [2.45, 2.75) is 19.4 Å². The molecule has 0 fully saturated rings. The fourth-order valence-electron chi connectivity index (χ4n) is 2.73. The molecule has 0 radical (unpaired) electrons. The fraction of sp³-hybridized carbons (Fsp3) is 0.250. The zero-order chi connectivity index (χ0) is 16.8. The predicted molar refractivity (Wildman–Crippen MR) is 96.7 cm³/mol. The highest BCUT2D eigenvalue weighted by molar-refractivity contribution is 5.74. The van der Waals surface area contributed by atoms with Crippen LogP contribution >= 0.6 is 0 Å². The van der Waals surface area contributed by atoms with Crippen LogP contribution in [0.4, 0.5) is 0 Å². The average molecular weight is 322 g/mol. The molecule has 0 atom stereocenters. The Labute approximate surface area is 142 Å². The minimum absolute atomic E-state index is 0.629. The normalized spacial score (nSPS) is 10.7. The molecule has 0 N–H and O–H groups in total. The summed E-state index contributed by atoms with van der Waals surface area (Å²) in [5.74, 6) is 1.54. The van der Waals surface area contributed by atoms with Crippen LogP contribution in [0.5, 0.6) is 11.5 Å². The van der Waals surface area contributed by atoms with Crippen LogP contribution in [0.1, 0.15) is 12.0 Å². The molecule has 0 spiro atoms. The third kappa shape index (κ3) is 3.59. The molecule has 4 heteroatoms. The van der Waals surface area contributed by atoms with Crippen molar-refractivity contribution < 1.29 is 9.47 Å². The molecule has 0 amide bonds. The molecular formula is C20H22N2O2. The SMILES string of the molecule is C=CCc1ccc(OCCCn2cnc3ccccc32)c(OC)c1. The van der Waals surface area contributed by atoms with E-state index in [0.29, 0.717) is 6.61 Å². The molecule has 0 saturated carbocycles. The number of hydrogen-bond donors (Lipinski definition) is 0. The number of hydrogen-bond acceptors (Lipinski definition) is 3. The maximum Gasteiger partial charge on any atom is 0.161 e. The highest BCUT2D eigenvalue weighted by atomic mass is 16.5. The van der Waals surface area contributed by atoms with Crippen LogP contribution in [-0.4, -0.2) is 23.3 Å². The van der Waals surface area contributed by atoms with Crippen LogP contribution < -0.4 is 9.47 Å². The topological polar surface area (TPSA) is 36.3 Å². The van der Waals surface area contributed by atoms with E-state index < -0.39 is 0 Å². The number of benzene rings is 2. The first-order chi connectivity index (χ1) is 11.8. The summed E-state index contributed by atoms with van der Waals surface area (Å²) in [6.45, 7) is 5.26. The summed E-state index contributed by atoms with van der Waals surface area (Å²) in [6, 6.07) is 14.2. The predicted octanol–water partition coefficient (Wildman–Crippen LogP) is 4.24. The number of ether oxygens (including phenoxy) is 2. The number of aryl methyl sites for hydroxylation is 1. The molecular weight excluding hydrogens is 300 g/mol. The molecule has 0 saturated heterocycles. The summed E-state index contributed by atoms with van der Waals surface area (Å²) in [5.41, 5.74) is 3.35. The molecule has 1 aromatic heterocycles. The van der Waals surface area contributed by atoms with Gasteiger partial charge in [-0.1, -0.05) is 24.3 Å². The van der Waals surface area contributed by atoms with Crippen LogP contribution in [0, 0.1) is 0 Å². The zero-order valence-electron chi connectivity index (χ0n) is 13.9. The molecule has 2 aromatic carbocycles. The van der Waals surface area contributed by atoms with Crippen LogP contribution in [0.15, 0.2) is 61.4 Å². The van der Waals surface area contributed by atoms with E-state index in [0.717, 1.165) is 41.9 Å². The highest BCUT2D eigenvalue weighted by Crippen LogP contribution is 2.28. The van der Waals surface area contributed by atoms with E-state index in [1.54, 1.807) is 7.11 Å². The molecule has 1 heterocycles. The summed E-state index contributed by atoms with van der Waals surface area (Å²) in [7, 11) is 1.66. The largest absolute Gasteiger partial charge is 0.493 e. The molecule has 3 rings (SSSR count). The van der Waals surface area contributed by atoms with Crippen molar-refractivity contribution in [3.8, 4) is 11.5 Å². The molecule has 0 aliphatic carbocycles. The first-order valence-corrected chi connectivity index (χ1v) is 8.12. The third-order valence-electron chi connectivity index (χ3n) is 3.94. The minimum Gasteiger partial charge on any atom is -0.493 e. The summed E-state index contributed by atoms with van der Waals surface area (Å²) in [6.07, 6.45) is 5.49. The lowest BCUT2D eigenvalue weighted by Gasteiger charge is -2.12. The molecule has 124 valence electrons. The molecule has 3 aromatic rings. The Bertz CT molecular complexity index is 823. The van der Waals surface area contributed by atoms with Crippen LogP contribution in [-0.2, 0) is 13.0 Å². The minimum atomic E-state index is 0.629. The Morgan fingerprint density at radius 1 is 1.17 bits per heavy atom. The second-order valence-corrected chi connectivity index (χ2v) is 5.61. The number of rotatable bonds is 8. The quantitative estimate of drug-likeness (QED) is 0.460. The van der Waals surface area contributed by atoms with Gasteiger partial charge in [-0.3, -0.25) is 0 Å². The summed E-state index contributed by atoms with van der Waals surface area (Å²) < 4.78 is 13.5. The summed E-state index contributed by atoms with van der Waals surface area (Å²) in [4.78, 5) is 4.40. The Morgan fingerprint density at radius 2 is 2.04 bits per heavy atom. The highest BCUT2D eigenvalue weighted by Gasteiger charge is 2.06. The first-order valence-electron chi connectivity index (χ1n) is 8.12. The van der Waals surface area contributed by atoms with E-state index >= 15 is 0 Å². The lowest BCUT2D eigenvalue weighted by Crippen LogP contribution is -2.04. The monoisotopic (exact) mass is 322 g/mol. The van der Waals surface area contributed by atoms with Gasteiger partial charge in [0.05, 0.1) is 31.1 Å². The van der Waals surface area contributed by atoms with Crippen LogP contribution in [0.2, 0.25) is 0 Å². The average Bonchev–Trinajstić information content (AvgIpc) is 3.03. The Kier molecular flexibility index (Phi) is 5.16. The maximum atomic E-state index is 5.89. The van der Waals surface area contributed by atoms with Gasteiger partial charge in [0, 0.05) is 6.54 Å². The van der Waals surface area contributed by atoms with Gasteiger partial charge in [-0.15, -0.1) is 6.58 Å². The molecule has 0 unspecified atom stereocenters. The molecule has 4 nitrogen and oxygen atoms in total. The second kappa shape index (κ2) is 7.68. The van der Waals surface area contributed by atoms with Gasteiger partial charge in [0.15, 0.2) is 11.5 Å². The Hall–Kier alpha value is -2.75. The van der Waals surface area contributed by atoms with E-state index in [2.05, 4.69) is 22.2 Å². The Balaban J connectivity index is 1.57. The van der Waals surface area contributed by atoms with Gasteiger partial charge in [0.25, 0.3) is 0 Å². The molecule has 0 aliphatic rings. The van der Waals surface area contributed by atoms with Gasteiger partial charge >= 0.3 is 0 Å². The lowest BCUT2D eigenvalue weighted by atomic mass is 10.1. The second-order valence-electron chi connectivity index (χ2n) is 5.61. The number of nitrogens with zero attached hydrogens (tertiary/aromatic N) is 2. The van der Waals surface area contributed by atoms with E-state index in [1.807, 2.05) is 48.8 Å². The van der Waals surface area contributed by atoms with E-state index in [4.69, 9.17) is 9.47 Å². The van der Waals surface area contributed by atoms with Crippen molar-refractivity contribution in [2.24, 2.45) is 0 Å². The number of fused-ring (bicyclic) bond motifs is 1. The molecule has 0 bridgehead atoms.